The number of carbonyl (C=O) groups excluding carboxylic acids is 2. The number of ether oxygens (including phenoxy) is 1. The van der Waals surface area contributed by atoms with E-state index in [0.717, 1.165) is 5.56 Å². The van der Waals surface area contributed by atoms with Crippen LogP contribution in [0.25, 0.3) is 0 Å². The first kappa shape index (κ1) is 20.8. The van der Waals surface area contributed by atoms with Crippen molar-refractivity contribution in [2.24, 2.45) is 0 Å². The van der Waals surface area contributed by atoms with Crippen LogP contribution >= 0.6 is 22.9 Å². The lowest BCUT2D eigenvalue weighted by Gasteiger charge is -2.12. The highest BCUT2D eigenvalue weighted by atomic mass is 35.5. The number of hydrogen-bond acceptors (Lipinski definition) is 5. The number of aryl methyl sites for hydroxylation is 2. The van der Waals surface area contributed by atoms with E-state index >= 15 is 0 Å². The van der Waals surface area contributed by atoms with Crippen molar-refractivity contribution < 1.29 is 14.3 Å². The molecule has 0 fully saturated rings. The fourth-order valence-corrected chi connectivity index (χ4v) is 3.64. The number of nitrogens with zero attached hydrogens (tertiary/aromatic N) is 1. The molecule has 3 rings (SSSR count). The number of carbonyl (C=O) groups is 2. The number of thiazole rings is 1. The van der Waals surface area contributed by atoms with Crippen LogP contribution in [0.3, 0.4) is 0 Å². The van der Waals surface area contributed by atoms with Crippen molar-refractivity contribution in [2.45, 2.75) is 27.4 Å². The van der Waals surface area contributed by atoms with Crippen LogP contribution in [0.15, 0.2) is 42.5 Å². The number of nitrogens with one attached hydrogen (secondary N) is 2. The zero-order chi connectivity index (χ0) is 21.0. The Balaban J connectivity index is 1.72. The van der Waals surface area contributed by atoms with Gasteiger partial charge < -0.3 is 15.4 Å². The van der Waals surface area contributed by atoms with Gasteiger partial charge in [0.25, 0.3) is 5.91 Å². The molecule has 0 spiro atoms. The Morgan fingerprint density at radius 1 is 1.07 bits per heavy atom. The Labute approximate surface area is 177 Å². The maximum atomic E-state index is 12.8. The topological polar surface area (TPSA) is 80.3 Å². The van der Waals surface area contributed by atoms with Gasteiger partial charge in [-0.25, -0.2) is 4.98 Å². The van der Waals surface area contributed by atoms with E-state index in [4.69, 9.17) is 16.3 Å². The molecule has 0 saturated carbocycles. The van der Waals surface area contributed by atoms with Crippen molar-refractivity contribution in [3.05, 3.63) is 68.6 Å². The quantitative estimate of drug-likeness (QED) is 0.564. The summed E-state index contributed by atoms with van der Waals surface area (Å²) in [4.78, 5) is 29.1. The van der Waals surface area contributed by atoms with Gasteiger partial charge in [-0.3, -0.25) is 9.59 Å². The molecule has 0 radical (unpaired) electrons. The summed E-state index contributed by atoms with van der Waals surface area (Å²) in [6.45, 7) is 5.37. The molecule has 6 nitrogen and oxygen atoms in total. The van der Waals surface area contributed by atoms with Crippen molar-refractivity contribution in [3.63, 3.8) is 0 Å². The predicted molar refractivity (Wildman–Crippen MR) is 116 cm³/mol. The molecule has 1 aromatic heterocycles. The van der Waals surface area contributed by atoms with Gasteiger partial charge in [-0.15, -0.1) is 11.3 Å². The smallest absolute Gasteiger partial charge is 0.267 e. The molecule has 0 aliphatic heterocycles. The van der Waals surface area contributed by atoms with Gasteiger partial charge >= 0.3 is 0 Å². The van der Waals surface area contributed by atoms with Gasteiger partial charge in [0.05, 0.1) is 17.1 Å². The maximum Gasteiger partial charge on any atom is 0.267 e. The SMILES string of the molecule is CC(=O)Nc1ccc(C)cc1NC(=O)c1sc(COc2ccc(Cl)cc2)nc1C. The highest BCUT2D eigenvalue weighted by Gasteiger charge is 2.17. The Morgan fingerprint density at radius 3 is 2.48 bits per heavy atom. The van der Waals surface area contributed by atoms with Crippen LogP contribution in [0.1, 0.15) is 32.9 Å². The molecule has 0 aliphatic rings. The van der Waals surface area contributed by atoms with Crippen LogP contribution in [-0.2, 0) is 11.4 Å². The minimum Gasteiger partial charge on any atom is -0.486 e. The molecule has 8 heteroatoms. The van der Waals surface area contributed by atoms with Crippen LogP contribution < -0.4 is 15.4 Å². The highest BCUT2D eigenvalue weighted by molar-refractivity contribution is 7.13. The van der Waals surface area contributed by atoms with E-state index in [1.807, 2.05) is 19.1 Å². The van der Waals surface area contributed by atoms with Gasteiger partial charge in [0.1, 0.15) is 22.2 Å². The number of benzene rings is 2. The van der Waals surface area contributed by atoms with Crippen molar-refractivity contribution >= 4 is 46.1 Å². The summed E-state index contributed by atoms with van der Waals surface area (Å²) in [6.07, 6.45) is 0. The fraction of sp³-hybridized carbons (Fsp3) is 0.190. The number of hydrogen-bond donors (Lipinski definition) is 2. The van der Waals surface area contributed by atoms with Crippen LogP contribution in [0, 0.1) is 13.8 Å². The predicted octanol–water partition coefficient (Wildman–Crippen LogP) is 5.20. The number of anilines is 2. The molecule has 3 aromatic rings. The Kier molecular flexibility index (Phi) is 6.51. The number of halogens is 1. The van der Waals surface area contributed by atoms with Crippen LogP contribution in [0.2, 0.25) is 5.02 Å². The molecule has 0 bridgehead atoms. The molecule has 0 saturated heterocycles. The lowest BCUT2D eigenvalue weighted by atomic mass is 10.2. The monoisotopic (exact) mass is 429 g/mol. The van der Waals surface area contributed by atoms with Crippen molar-refractivity contribution in [2.75, 3.05) is 10.6 Å². The number of aromatic nitrogens is 1. The Morgan fingerprint density at radius 2 is 1.79 bits per heavy atom. The molecule has 2 N–H and O–H groups in total. The van der Waals surface area contributed by atoms with Gasteiger partial charge in [0.2, 0.25) is 5.91 Å². The largest absolute Gasteiger partial charge is 0.486 e. The molecule has 0 atom stereocenters. The van der Waals surface area contributed by atoms with Crippen molar-refractivity contribution in [3.8, 4) is 5.75 Å². The lowest BCUT2D eigenvalue weighted by Crippen LogP contribution is -2.15. The van der Waals surface area contributed by atoms with Crippen molar-refractivity contribution in [1.29, 1.82) is 0 Å². The molecule has 150 valence electrons. The molecule has 2 amide bonds. The maximum absolute atomic E-state index is 12.8. The van der Waals surface area contributed by atoms with Gasteiger partial charge in [0, 0.05) is 11.9 Å². The summed E-state index contributed by atoms with van der Waals surface area (Å²) in [6, 6.07) is 12.5. The molecule has 0 aliphatic carbocycles. The first-order valence-corrected chi connectivity index (χ1v) is 10.1. The Bertz CT molecular complexity index is 1050. The fourth-order valence-electron chi connectivity index (χ4n) is 2.64. The second-order valence-corrected chi connectivity index (χ2v) is 7.97. The second kappa shape index (κ2) is 9.07. The molecule has 2 aromatic carbocycles. The summed E-state index contributed by atoms with van der Waals surface area (Å²) in [5.41, 5.74) is 2.67. The average molecular weight is 430 g/mol. The molecule has 0 unspecified atom stereocenters. The van der Waals surface area contributed by atoms with Gasteiger partial charge in [-0.1, -0.05) is 17.7 Å². The first-order valence-electron chi connectivity index (χ1n) is 8.86. The summed E-state index contributed by atoms with van der Waals surface area (Å²) in [5.74, 6) is 0.183. The van der Waals surface area contributed by atoms with Crippen LogP contribution in [0.4, 0.5) is 11.4 Å². The van der Waals surface area contributed by atoms with E-state index in [2.05, 4.69) is 15.6 Å². The van der Waals surface area contributed by atoms with E-state index in [-0.39, 0.29) is 18.4 Å². The normalized spacial score (nSPS) is 10.5. The third-order valence-corrected chi connectivity index (χ3v) is 5.34. The minimum absolute atomic E-state index is 0.208. The van der Waals surface area contributed by atoms with E-state index in [0.29, 0.717) is 37.7 Å². The third-order valence-electron chi connectivity index (χ3n) is 3.96. The summed E-state index contributed by atoms with van der Waals surface area (Å²) in [7, 11) is 0. The first-order chi connectivity index (χ1) is 13.8. The van der Waals surface area contributed by atoms with Crippen LogP contribution in [0.5, 0.6) is 5.75 Å². The summed E-state index contributed by atoms with van der Waals surface area (Å²) in [5, 5.41) is 6.92. The zero-order valence-corrected chi connectivity index (χ0v) is 17.8. The van der Waals surface area contributed by atoms with Gasteiger partial charge in [0.15, 0.2) is 0 Å². The van der Waals surface area contributed by atoms with E-state index in [1.54, 1.807) is 37.3 Å². The molecule has 1 heterocycles. The number of rotatable bonds is 6. The molecule has 29 heavy (non-hydrogen) atoms. The lowest BCUT2D eigenvalue weighted by molar-refractivity contribution is -0.114. The standard InChI is InChI=1S/C21H20ClN3O3S/c1-12-4-9-17(24-14(3)26)18(10-12)25-21(27)20-13(2)23-19(29-20)11-28-16-7-5-15(22)6-8-16/h4-10H,11H2,1-3H3,(H,24,26)(H,25,27). The van der Waals surface area contributed by atoms with E-state index in [9.17, 15) is 9.59 Å². The summed E-state index contributed by atoms with van der Waals surface area (Å²) < 4.78 is 5.70. The molecular weight excluding hydrogens is 410 g/mol. The highest BCUT2D eigenvalue weighted by Crippen LogP contribution is 2.26. The third kappa shape index (κ3) is 5.56. The second-order valence-electron chi connectivity index (χ2n) is 6.45. The van der Waals surface area contributed by atoms with E-state index in [1.165, 1.54) is 18.3 Å². The average Bonchev–Trinajstić information content (AvgIpc) is 3.04. The summed E-state index contributed by atoms with van der Waals surface area (Å²) >= 11 is 7.14. The van der Waals surface area contributed by atoms with E-state index < -0.39 is 0 Å². The minimum atomic E-state index is -0.282. The van der Waals surface area contributed by atoms with Crippen molar-refractivity contribution in [1.82, 2.24) is 4.98 Å². The van der Waals surface area contributed by atoms with Gasteiger partial charge in [-0.05, 0) is 55.8 Å². The number of amides is 2. The molecular formula is C21H20ClN3O3S. The zero-order valence-electron chi connectivity index (χ0n) is 16.2. The van der Waals surface area contributed by atoms with Gasteiger partial charge in [-0.2, -0.15) is 0 Å². The van der Waals surface area contributed by atoms with Crippen LogP contribution in [-0.4, -0.2) is 16.8 Å². The Hall–Kier alpha value is -2.90.